The van der Waals surface area contributed by atoms with Crippen LogP contribution in [-0.4, -0.2) is 35.6 Å². The van der Waals surface area contributed by atoms with E-state index in [1.54, 1.807) is 20.8 Å². The number of fused-ring (bicyclic) bond motifs is 3. The molecule has 6 nitrogen and oxygen atoms in total. The number of rotatable bonds is 6. The molecule has 0 aromatic heterocycles. The van der Waals surface area contributed by atoms with Crippen molar-refractivity contribution in [2.24, 2.45) is 5.41 Å². The Morgan fingerprint density at radius 1 is 1.00 bits per heavy atom. The number of hydrogen-bond donors (Lipinski definition) is 2. The van der Waals surface area contributed by atoms with E-state index >= 15 is 0 Å². The number of Topliss-reactive ketones (excluding diaryl/α,β-unsaturated/α-hetero) is 1. The highest BCUT2D eigenvalue weighted by atomic mass is 16.5. The first-order valence-corrected chi connectivity index (χ1v) is 9.56. The van der Waals surface area contributed by atoms with Crippen molar-refractivity contribution in [2.45, 2.75) is 39.2 Å². The largest absolute Gasteiger partial charge is 0.481 e. The van der Waals surface area contributed by atoms with Gasteiger partial charge in [-0.05, 0) is 22.3 Å². The van der Waals surface area contributed by atoms with E-state index in [0.717, 1.165) is 22.3 Å². The third-order valence-corrected chi connectivity index (χ3v) is 5.07. The zero-order valence-corrected chi connectivity index (χ0v) is 16.8. The average Bonchev–Trinajstić information content (AvgIpc) is 2.98. The van der Waals surface area contributed by atoms with E-state index in [4.69, 9.17) is 9.84 Å². The topological polar surface area (TPSA) is 92.7 Å². The first-order valence-electron chi connectivity index (χ1n) is 9.56. The molecule has 29 heavy (non-hydrogen) atoms. The molecule has 0 aliphatic heterocycles. The Hall–Kier alpha value is -3.15. The van der Waals surface area contributed by atoms with E-state index in [0.29, 0.717) is 0 Å². The molecule has 0 saturated heterocycles. The molecule has 0 fully saturated rings. The predicted octanol–water partition coefficient (Wildman–Crippen LogP) is 3.98. The summed E-state index contributed by atoms with van der Waals surface area (Å²) >= 11 is 0. The van der Waals surface area contributed by atoms with Gasteiger partial charge < -0.3 is 15.2 Å². The van der Waals surface area contributed by atoms with Crippen molar-refractivity contribution >= 4 is 17.8 Å². The number of benzene rings is 2. The lowest BCUT2D eigenvalue weighted by Crippen LogP contribution is -2.47. The van der Waals surface area contributed by atoms with E-state index in [2.05, 4.69) is 5.32 Å². The van der Waals surface area contributed by atoms with Gasteiger partial charge in [-0.3, -0.25) is 9.59 Å². The van der Waals surface area contributed by atoms with Crippen LogP contribution in [0.2, 0.25) is 0 Å². The average molecular weight is 395 g/mol. The lowest BCUT2D eigenvalue weighted by Gasteiger charge is -2.24. The second-order valence-corrected chi connectivity index (χ2v) is 8.23. The molecule has 2 aromatic carbocycles. The second kappa shape index (κ2) is 8.07. The maximum absolute atomic E-state index is 12.5. The van der Waals surface area contributed by atoms with Crippen LogP contribution >= 0.6 is 0 Å². The van der Waals surface area contributed by atoms with Gasteiger partial charge in [0.1, 0.15) is 12.6 Å². The molecule has 1 amide bonds. The Morgan fingerprint density at radius 2 is 1.52 bits per heavy atom. The number of carboxylic acid groups (broad SMARTS) is 1. The highest BCUT2D eigenvalue weighted by molar-refractivity contribution is 5.94. The first-order chi connectivity index (χ1) is 13.7. The van der Waals surface area contributed by atoms with Gasteiger partial charge >= 0.3 is 12.1 Å². The molecule has 1 atom stereocenters. The molecule has 1 aliphatic rings. The molecule has 2 aromatic rings. The van der Waals surface area contributed by atoms with Crippen LogP contribution in [0.1, 0.15) is 44.2 Å². The zero-order chi connectivity index (χ0) is 21.2. The monoisotopic (exact) mass is 395 g/mol. The van der Waals surface area contributed by atoms with Crippen LogP contribution in [0.25, 0.3) is 11.1 Å². The highest BCUT2D eigenvalue weighted by Gasteiger charge is 2.33. The van der Waals surface area contributed by atoms with Crippen LogP contribution in [0.15, 0.2) is 48.5 Å². The number of carbonyl (C=O) groups is 3. The van der Waals surface area contributed by atoms with Gasteiger partial charge in [0.15, 0.2) is 5.78 Å². The van der Waals surface area contributed by atoms with E-state index in [-0.39, 0.29) is 18.3 Å². The van der Waals surface area contributed by atoms with Crippen LogP contribution in [0, 0.1) is 5.41 Å². The fourth-order valence-electron chi connectivity index (χ4n) is 3.69. The van der Waals surface area contributed by atoms with Gasteiger partial charge in [-0.2, -0.15) is 0 Å². The van der Waals surface area contributed by atoms with Crippen molar-refractivity contribution in [3.05, 3.63) is 59.7 Å². The van der Waals surface area contributed by atoms with Crippen molar-refractivity contribution < 1.29 is 24.2 Å². The summed E-state index contributed by atoms with van der Waals surface area (Å²) in [6, 6.07) is 14.8. The summed E-state index contributed by atoms with van der Waals surface area (Å²) < 4.78 is 5.42. The third-order valence-electron chi connectivity index (χ3n) is 5.07. The van der Waals surface area contributed by atoms with Crippen LogP contribution < -0.4 is 5.32 Å². The van der Waals surface area contributed by atoms with Crippen LogP contribution in [0.3, 0.4) is 0 Å². The number of nitrogens with one attached hydrogen (secondary N) is 1. The van der Waals surface area contributed by atoms with E-state index in [9.17, 15) is 14.4 Å². The molecule has 0 bridgehead atoms. The number of carboxylic acids is 1. The summed E-state index contributed by atoms with van der Waals surface area (Å²) in [7, 11) is 0. The minimum atomic E-state index is -1.16. The molecule has 0 radical (unpaired) electrons. The maximum atomic E-state index is 12.5. The minimum Gasteiger partial charge on any atom is -0.481 e. The summed E-state index contributed by atoms with van der Waals surface area (Å²) in [4.78, 5) is 36.0. The number of hydrogen-bond acceptors (Lipinski definition) is 4. The van der Waals surface area contributed by atoms with Crippen molar-refractivity contribution in [2.75, 3.05) is 6.61 Å². The second-order valence-electron chi connectivity index (χ2n) is 8.23. The van der Waals surface area contributed by atoms with E-state index in [1.165, 1.54) is 0 Å². The molecule has 3 rings (SSSR count). The van der Waals surface area contributed by atoms with Gasteiger partial charge in [0.2, 0.25) is 0 Å². The standard InChI is InChI=1S/C23H25NO5/c1-23(2,3)21(27)19(12-20(25)26)24-22(28)29-13-18-16-10-6-4-8-14(16)15-9-5-7-11-17(15)18/h4-11,18-19H,12-13H2,1-3H3,(H,24,28)(H,25,26)/t19-/m0/s1. The Kier molecular flexibility index (Phi) is 5.73. The lowest BCUT2D eigenvalue weighted by atomic mass is 9.85. The lowest BCUT2D eigenvalue weighted by molar-refractivity contribution is -0.140. The maximum Gasteiger partial charge on any atom is 0.407 e. The van der Waals surface area contributed by atoms with Gasteiger partial charge in [-0.1, -0.05) is 69.3 Å². The van der Waals surface area contributed by atoms with Crippen molar-refractivity contribution in [1.82, 2.24) is 5.32 Å². The van der Waals surface area contributed by atoms with E-state index in [1.807, 2.05) is 48.5 Å². The zero-order valence-electron chi connectivity index (χ0n) is 16.8. The predicted molar refractivity (Wildman–Crippen MR) is 109 cm³/mol. The van der Waals surface area contributed by atoms with Crippen molar-refractivity contribution in [3.63, 3.8) is 0 Å². The van der Waals surface area contributed by atoms with Crippen LogP contribution in [0.5, 0.6) is 0 Å². The summed E-state index contributed by atoms with van der Waals surface area (Å²) in [5.41, 5.74) is 3.60. The number of amides is 1. The summed E-state index contributed by atoms with van der Waals surface area (Å²) in [5.74, 6) is -1.62. The smallest absolute Gasteiger partial charge is 0.407 e. The molecule has 0 spiro atoms. The SMILES string of the molecule is CC(C)(C)C(=O)[C@H](CC(=O)O)NC(=O)OCC1c2ccccc2-c2ccccc21. The highest BCUT2D eigenvalue weighted by Crippen LogP contribution is 2.44. The molecule has 152 valence electrons. The molecule has 0 saturated carbocycles. The normalized spacial score (nSPS) is 13.9. The minimum absolute atomic E-state index is 0.101. The summed E-state index contributed by atoms with van der Waals surface area (Å²) in [6.07, 6.45) is -1.28. The quantitative estimate of drug-likeness (QED) is 0.772. The molecule has 0 heterocycles. The first kappa shape index (κ1) is 20.6. The number of alkyl carbamates (subject to hydrolysis) is 1. The van der Waals surface area contributed by atoms with Gasteiger partial charge in [0.25, 0.3) is 0 Å². The van der Waals surface area contributed by atoms with Gasteiger partial charge in [-0.25, -0.2) is 4.79 Å². The van der Waals surface area contributed by atoms with Crippen molar-refractivity contribution in [3.8, 4) is 11.1 Å². The Balaban J connectivity index is 1.72. The Labute approximate surface area is 169 Å². The molecule has 0 unspecified atom stereocenters. The van der Waals surface area contributed by atoms with Crippen LogP contribution in [0.4, 0.5) is 4.79 Å². The number of carbonyl (C=O) groups excluding carboxylic acids is 2. The number of ether oxygens (including phenoxy) is 1. The number of ketones is 1. The molecule has 2 N–H and O–H groups in total. The number of aliphatic carboxylic acids is 1. The van der Waals surface area contributed by atoms with Gasteiger partial charge in [0.05, 0.1) is 6.42 Å². The van der Waals surface area contributed by atoms with Crippen molar-refractivity contribution in [1.29, 1.82) is 0 Å². The Bertz CT molecular complexity index is 899. The molecular formula is C23H25NO5. The third kappa shape index (κ3) is 4.47. The fraction of sp³-hybridized carbons (Fsp3) is 0.348. The molecular weight excluding hydrogens is 370 g/mol. The van der Waals surface area contributed by atoms with Crippen LogP contribution in [-0.2, 0) is 14.3 Å². The summed E-state index contributed by atoms with van der Waals surface area (Å²) in [6.45, 7) is 5.15. The summed E-state index contributed by atoms with van der Waals surface area (Å²) in [5, 5.41) is 11.5. The molecule has 6 heteroatoms. The van der Waals surface area contributed by atoms with Gasteiger partial charge in [0, 0.05) is 11.3 Å². The fourth-order valence-corrected chi connectivity index (χ4v) is 3.69. The van der Waals surface area contributed by atoms with E-state index < -0.39 is 29.9 Å². The Morgan fingerprint density at radius 3 is 2.00 bits per heavy atom. The molecule has 1 aliphatic carbocycles. The van der Waals surface area contributed by atoms with Gasteiger partial charge in [-0.15, -0.1) is 0 Å².